The number of halogens is 2. The minimum absolute atomic E-state index is 0.00428. The van der Waals surface area contributed by atoms with Crippen molar-refractivity contribution >= 4 is 50.7 Å². The van der Waals surface area contributed by atoms with E-state index in [4.69, 9.17) is 27.9 Å². The maximum Gasteiger partial charge on any atom is 0.264 e. The van der Waals surface area contributed by atoms with Crippen LogP contribution >= 0.6 is 23.2 Å². The molecule has 0 spiro atoms. The highest BCUT2D eigenvalue weighted by atomic mass is 35.5. The van der Waals surface area contributed by atoms with Gasteiger partial charge in [0.05, 0.1) is 22.7 Å². The third-order valence-corrected chi connectivity index (χ3v) is 8.20. The van der Waals surface area contributed by atoms with Crippen molar-refractivity contribution in [3.63, 3.8) is 0 Å². The Bertz CT molecular complexity index is 1370. The number of hydrogen-bond acceptors (Lipinski definition) is 5. The lowest BCUT2D eigenvalue weighted by Crippen LogP contribution is -2.50. The second-order valence-electron chi connectivity index (χ2n) is 8.05. The van der Waals surface area contributed by atoms with Crippen molar-refractivity contribution < 1.29 is 22.7 Å². The average molecular weight is 564 g/mol. The van der Waals surface area contributed by atoms with Crippen LogP contribution in [0.15, 0.2) is 77.7 Å². The monoisotopic (exact) mass is 563 g/mol. The summed E-state index contributed by atoms with van der Waals surface area (Å²) in [5.74, 6) is -0.671. The first-order valence-electron chi connectivity index (χ1n) is 11.3. The van der Waals surface area contributed by atoms with E-state index in [1.54, 1.807) is 49.4 Å². The highest BCUT2D eigenvalue weighted by Crippen LogP contribution is 2.32. The molecule has 11 heteroatoms. The maximum atomic E-state index is 13.7. The average Bonchev–Trinajstić information content (AvgIpc) is 2.90. The fourth-order valence-corrected chi connectivity index (χ4v) is 5.53. The summed E-state index contributed by atoms with van der Waals surface area (Å²) in [7, 11) is -1.29. The molecule has 0 saturated heterocycles. The largest absolute Gasteiger partial charge is 0.495 e. The van der Waals surface area contributed by atoms with E-state index >= 15 is 0 Å². The number of anilines is 1. The van der Waals surface area contributed by atoms with Crippen LogP contribution in [0.4, 0.5) is 5.69 Å². The van der Waals surface area contributed by atoms with Gasteiger partial charge in [0.15, 0.2) is 0 Å². The molecule has 2 amide bonds. The lowest BCUT2D eigenvalue weighted by Gasteiger charge is -2.32. The molecule has 196 valence electrons. The van der Waals surface area contributed by atoms with Gasteiger partial charge in [-0.3, -0.25) is 13.9 Å². The second-order valence-corrected chi connectivity index (χ2v) is 10.7. The molecule has 0 fully saturated rings. The van der Waals surface area contributed by atoms with Gasteiger partial charge < -0.3 is 15.0 Å². The van der Waals surface area contributed by atoms with Crippen LogP contribution in [0.1, 0.15) is 12.5 Å². The van der Waals surface area contributed by atoms with E-state index in [2.05, 4.69) is 5.32 Å². The summed E-state index contributed by atoms with van der Waals surface area (Å²) < 4.78 is 33.6. The lowest BCUT2D eigenvalue weighted by molar-refractivity contribution is -0.139. The summed E-state index contributed by atoms with van der Waals surface area (Å²) >= 11 is 12.6. The molecule has 0 aromatic heterocycles. The van der Waals surface area contributed by atoms with Crippen LogP contribution in [-0.2, 0) is 26.2 Å². The summed E-state index contributed by atoms with van der Waals surface area (Å²) in [4.78, 5) is 27.5. The van der Waals surface area contributed by atoms with E-state index in [0.717, 1.165) is 4.31 Å². The van der Waals surface area contributed by atoms with Crippen molar-refractivity contribution in [2.45, 2.75) is 24.4 Å². The number of sulfonamides is 1. The van der Waals surface area contributed by atoms with Gasteiger partial charge in [0, 0.05) is 18.6 Å². The van der Waals surface area contributed by atoms with Crippen molar-refractivity contribution in [3.05, 3.63) is 88.4 Å². The standard InChI is InChI=1S/C26H27Cl2N3O5S/c1-18(26(33)29-2)30(16-19-9-7-8-12-22(19)27)25(32)17-31(20-13-14-24(36-3)23(28)15-20)37(34,35)21-10-5-4-6-11-21/h4-15,18H,16-17H2,1-3H3,(H,29,33)/t18-/m1/s1. The Labute approximate surface area is 226 Å². The number of rotatable bonds is 10. The molecule has 1 N–H and O–H groups in total. The maximum absolute atomic E-state index is 13.7. The van der Waals surface area contributed by atoms with Crippen LogP contribution in [0.5, 0.6) is 5.75 Å². The molecule has 0 saturated carbocycles. The molecule has 0 aliphatic carbocycles. The SMILES string of the molecule is CNC(=O)[C@@H](C)N(Cc1ccccc1Cl)C(=O)CN(c1ccc(OC)c(Cl)c1)S(=O)(=O)c1ccccc1. The molecule has 37 heavy (non-hydrogen) atoms. The van der Waals surface area contributed by atoms with Crippen molar-refractivity contribution in [2.24, 2.45) is 0 Å². The van der Waals surface area contributed by atoms with Gasteiger partial charge >= 0.3 is 0 Å². The Balaban J connectivity index is 2.07. The molecule has 0 bridgehead atoms. The van der Waals surface area contributed by atoms with Crippen molar-refractivity contribution in [3.8, 4) is 5.75 Å². The molecule has 0 unspecified atom stereocenters. The molecule has 0 aliphatic rings. The van der Waals surface area contributed by atoms with Gasteiger partial charge in [-0.1, -0.05) is 59.6 Å². The fourth-order valence-electron chi connectivity index (χ4n) is 3.66. The minimum Gasteiger partial charge on any atom is -0.495 e. The molecule has 1 atom stereocenters. The van der Waals surface area contributed by atoms with E-state index < -0.39 is 34.4 Å². The minimum atomic E-state index is -4.19. The van der Waals surface area contributed by atoms with Crippen LogP contribution in [0.2, 0.25) is 10.0 Å². The van der Waals surface area contributed by atoms with Crippen LogP contribution in [0.25, 0.3) is 0 Å². The first kappa shape index (κ1) is 28.3. The Morgan fingerprint density at radius 3 is 2.22 bits per heavy atom. The Morgan fingerprint density at radius 2 is 1.62 bits per heavy atom. The number of nitrogens with zero attached hydrogens (tertiary/aromatic N) is 2. The normalized spacial score (nSPS) is 11.9. The summed E-state index contributed by atoms with van der Waals surface area (Å²) in [5.41, 5.74) is 0.770. The summed E-state index contributed by atoms with van der Waals surface area (Å²) in [6.07, 6.45) is 0. The van der Waals surface area contributed by atoms with Crippen molar-refractivity contribution in [2.75, 3.05) is 25.0 Å². The van der Waals surface area contributed by atoms with Gasteiger partial charge in [-0.2, -0.15) is 0 Å². The Kier molecular flexibility index (Phi) is 9.42. The third-order valence-electron chi connectivity index (χ3n) is 5.75. The molecule has 8 nitrogen and oxygen atoms in total. The number of likely N-dealkylation sites (N-methyl/N-ethyl adjacent to an activating group) is 1. The molecule has 0 aliphatic heterocycles. The van der Waals surface area contributed by atoms with Gasteiger partial charge in [0.2, 0.25) is 11.8 Å². The zero-order chi connectivity index (χ0) is 27.2. The zero-order valence-electron chi connectivity index (χ0n) is 20.5. The second kappa shape index (κ2) is 12.3. The molecular weight excluding hydrogens is 537 g/mol. The number of carbonyl (C=O) groups excluding carboxylic acids is 2. The Hall–Kier alpha value is -3.27. The lowest BCUT2D eigenvalue weighted by atomic mass is 10.1. The zero-order valence-corrected chi connectivity index (χ0v) is 22.8. The number of benzene rings is 3. The number of amides is 2. The van der Waals surface area contributed by atoms with E-state index in [-0.39, 0.29) is 22.2 Å². The van der Waals surface area contributed by atoms with Gasteiger partial charge in [0.1, 0.15) is 18.3 Å². The van der Waals surface area contributed by atoms with Crippen molar-refractivity contribution in [1.29, 1.82) is 0 Å². The molecule has 3 aromatic carbocycles. The highest BCUT2D eigenvalue weighted by molar-refractivity contribution is 7.92. The van der Waals surface area contributed by atoms with E-state index in [9.17, 15) is 18.0 Å². The molecule has 3 aromatic rings. The van der Waals surface area contributed by atoms with Crippen LogP contribution in [0.3, 0.4) is 0 Å². The van der Waals surface area contributed by atoms with Crippen molar-refractivity contribution in [1.82, 2.24) is 10.2 Å². The smallest absolute Gasteiger partial charge is 0.264 e. The molecule has 0 radical (unpaired) electrons. The van der Waals surface area contributed by atoms with Crippen LogP contribution < -0.4 is 14.4 Å². The summed E-state index contributed by atoms with van der Waals surface area (Å²) in [6.45, 7) is 0.967. The molecule has 0 heterocycles. The molecule has 3 rings (SSSR count). The number of methoxy groups -OCH3 is 1. The number of carbonyl (C=O) groups is 2. The number of nitrogens with one attached hydrogen (secondary N) is 1. The van der Waals surface area contributed by atoms with Gasteiger partial charge in [-0.15, -0.1) is 0 Å². The summed E-state index contributed by atoms with van der Waals surface area (Å²) in [6, 6.07) is 18.2. The van der Waals surface area contributed by atoms with Crippen LogP contribution in [0, 0.1) is 0 Å². The Morgan fingerprint density at radius 1 is 0.973 bits per heavy atom. The quantitative estimate of drug-likeness (QED) is 0.395. The van der Waals surface area contributed by atoms with Crippen LogP contribution in [-0.4, -0.2) is 51.9 Å². The fraction of sp³-hybridized carbons (Fsp3) is 0.231. The topological polar surface area (TPSA) is 96.0 Å². The predicted octanol–water partition coefficient (Wildman–Crippen LogP) is 4.36. The highest BCUT2D eigenvalue weighted by Gasteiger charge is 2.32. The third kappa shape index (κ3) is 6.54. The summed E-state index contributed by atoms with van der Waals surface area (Å²) in [5, 5.41) is 3.12. The predicted molar refractivity (Wildman–Crippen MR) is 145 cm³/mol. The van der Waals surface area contributed by atoms with Gasteiger partial charge in [0.25, 0.3) is 10.0 Å². The van der Waals surface area contributed by atoms with E-state index in [1.807, 2.05) is 0 Å². The first-order chi connectivity index (χ1) is 17.6. The number of ether oxygens (including phenoxy) is 1. The van der Waals surface area contributed by atoms with E-state index in [1.165, 1.54) is 49.4 Å². The van der Waals surface area contributed by atoms with E-state index in [0.29, 0.717) is 16.3 Å². The number of hydrogen-bond donors (Lipinski definition) is 1. The first-order valence-corrected chi connectivity index (χ1v) is 13.5. The van der Waals surface area contributed by atoms with Gasteiger partial charge in [-0.05, 0) is 48.9 Å². The molecular formula is C26H27Cl2N3O5S. The van der Waals surface area contributed by atoms with Gasteiger partial charge in [-0.25, -0.2) is 8.42 Å².